The number of amides is 1. The molecule has 0 saturated heterocycles. The number of hydrogen-bond acceptors (Lipinski definition) is 5. The number of rotatable bonds is 1. The van der Waals surface area contributed by atoms with Gasteiger partial charge in [-0.05, 0) is 59.3 Å². The van der Waals surface area contributed by atoms with E-state index in [1.165, 1.54) is 0 Å². The molecule has 2 rings (SSSR count). The van der Waals surface area contributed by atoms with E-state index < -0.39 is 11.7 Å². The Labute approximate surface area is 127 Å². The third-order valence-electron chi connectivity index (χ3n) is 3.57. The molecule has 0 spiro atoms. The van der Waals surface area contributed by atoms with Crippen molar-refractivity contribution in [3.63, 3.8) is 0 Å². The summed E-state index contributed by atoms with van der Waals surface area (Å²) < 4.78 is 5.10. The lowest BCUT2D eigenvalue weighted by Crippen LogP contribution is -2.38. The number of ether oxygens (including phenoxy) is 1. The number of alkyl carbamates (subject to hydrolysis) is 1. The molecule has 2 saturated carbocycles. The summed E-state index contributed by atoms with van der Waals surface area (Å²) in [7, 11) is 0. The van der Waals surface area contributed by atoms with Gasteiger partial charge in [0.05, 0.1) is 12.2 Å². The first kappa shape index (κ1) is 18.2. The Hall–Kier alpha value is -0.850. The normalized spacial score (nSPS) is 32.3. The molecule has 4 atom stereocenters. The van der Waals surface area contributed by atoms with Gasteiger partial charge in [-0.25, -0.2) is 4.79 Å². The van der Waals surface area contributed by atoms with Crippen molar-refractivity contribution in [1.82, 2.24) is 5.32 Å². The number of nitrogens with one attached hydrogen (secondary N) is 1. The van der Waals surface area contributed by atoms with E-state index in [0.717, 1.165) is 32.1 Å². The monoisotopic (exact) mass is 302 g/mol. The quantitative estimate of drug-likeness (QED) is 0.584. The van der Waals surface area contributed by atoms with Gasteiger partial charge < -0.3 is 26.0 Å². The average Bonchev–Trinajstić information content (AvgIpc) is 2.86. The van der Waals surface area contributed by atoms with Gasteiger partial charge in [-0.2, -0.15) is 0 Å². The molecule has 1 amide bonds. The van der Waals surface area contributed by atoms with Crippen LogP contribution in [0.15, 0.2) is 0 Å². The number of nitrogens with two attached hydrogens (primary N) is 1. The van der Waals surface area contributed by atoms with Crippen LogP contribution in [0.25, 0.3) is 0 Å². The maximum absolute atomic E-state index is 11.3. The maximum Gasteiger partial charge on any atom is 0.407 e. The number of carbonyl (C=O) groups is 1. The average molecular weight is 302 g/mol. The lowest BCUT2D eigenvalue weighted by molar-refractivity contribution is 0.0502. The van der Waals surface area contributed by atoms with Crippen LogP contribution in [-0.2, 0) is 4.74 Å². The van der Waals surface area contributed by atoms with Crippen LogP contribution < -0.4 is 11.1 Å². The second-order valence-electron chi connectivity index (χ2n) is 7.04. The zero-order chi connectivity index (χ0) is 16.0. The van der Waals surface area contributed by atoms with Crippen LogP contribution in [0.5, 0.6) is 0 Å². The van der Waals surface area contributed by atoms with Crippen molar-refractivity contribution in [2.75, 3.05) is 0 Å². The Bertz CT molecular complexity index is 322. The molecule has 0 aliphatic heterocycles. The van der Waals surface area contributed by atoms with E-state index in [0.29, 0.717) is 6.42 Å². The molecule has 2 aliphatic carbocycles. The Balaban J connectivity index is 0.000000262. The summed E-state index contributed by atoms with van der Waals surface area (Å²) in [6, 6.07) is 0.342. The molecule has 0 radical (unpaired) electrons. The molecule has 0 heterocycles. The molecular formula is C15H30N2O4. The lowest BCUT2D eigenvalue weighted by Gasteiger charge is -2.21. The van der Waals surface area contributed by atoms with Crippen LogP contribution in [-0.4, -0.2) is 46.2 Å². The van der Waals surface area contributed by atoms with Crippen molar-refractivity contribution < 1.29 is 19.7 Å². The van der Waals surface area contributed by atoms with Gasteiger partial charge in [0.15, 0.2) is 0 Å². The predicted octanol–water partition coefficient (Wildman–Crippen LogP) is 1.28. The van der Waals surface area contributed by atoms with E-state index >= 15 is 0 Å². The summed E-state index contributed by atoms with van der Waals surface area (Å²) in [5.74, 6) is 0. The zero-order valence-electron chi connectivity index (χ0n) is 13.3. The highest BCUT2D eigenvalue weighted by atomic mass is 16.6. The van der Waals surface area contributed by atoms with Gasteiger partial charge >= 0.3 is 6.09 Å². The second-order valence-corrected chi connectivity index (χ2v) is 7.04. The highest BCUT2D eigenvalue weighted by molar-refractivity contribution is 5.68. The van der Waals surface area contributed by atoms with Gasteiger partial charge in [0.25, 0.3) is 0 Å². The van der Waals surface area contributed by atoms with Crippen molar-refractivity contribution in [2.45, 2.75) is 89.2 Å². The molecule has 5 N–H and O–H groups in total. The molecule has 0 aromatic carbocycles. The first-order valence-electron chi connectivity index (χ1n) is 7.77. The lowest BCUT2D eigenvalue weighted by atomic mass is 10.2. The molecule has 0 aromatic heterocycles. The zero-order valence-corrected chi connectivity index (χ0v) is 13.3. The van der Waals surface area contributed by atoms with Crippen molar-refractivity contribution in [3.8, 4) is 0 Å². The van der Waals surface area contributed by atoms with Crippen molar-refractivity contribution >= 4 is 6.09 Å². The predicted molar refractivity (Wildman–Crippen MR) is 80.8 cm³/mol. The largest absolute Gasteiger partial charge is 0.444 e. The van der Waals surface area contributed by atoms with Crippen LogP contribution in [0.1, 0.15) is 59.3 Å². The van der Waals surface area contributed by atoms with Crippen molar-refractivity contribution in [2.24, 2.45) is 5.73 Å². The van der Waals surface area contributed by atoms with E-state index in [-0.39, 0.29) is 24.3 Å². The summed E-state index contributed by atoms with van der Waals surface area (Å²) in [4.78, 5) is 11.3. The fourth-order valence-corrected chi connectivity index (χ4v) is 2.55. The third kappa shape index (κ3) is 8.24. The third-order valence-corrected chi connectivity index (χ3v) is 3.57. The molecule has 0 unspecified atom stereocenters. The van der Waals surface area contributed by atoms with E-state index in [9.17, 15) is 9.90 Å². The summed E-state index contributed by atoms with van der Waals surface area (Å²) in [5.41, 5.74) is 5.01. The molecule has 2 fully saturated rings. The molecule has 124 valence electrons. The Kier molecular flexibility index (Phi) is 6.90. The van der Waals surface area contributed by atoms with E-state index in [1.807, 2.05) is 20.8 Å². The van der Waals surface area contributed by atoms with Crippen LogP contribution in [0.3, 0.4) is 0 Å². The van der Waals surface area contributed by atoms with Gasteiger partial charge in [0, 0.05) is 12.1 Å². The minimum atomic E-state index is -0.457. The second kappa shape index (κ2) is 7.96. The van der Waals surface area contributed by atoms with Gasteiger partial charge in [0.1, 0.15) is 5.60 Å². The maximum atomic E-state index is 11.3. The molecule has 6 heteroatoms. The first-order valence-corrected chi connectivity index (χ1v) is 7.77. The van der Waals surface area contributed by atoms with E-state index in [4.69, 9.17) is 15.6 Å². The van der Waals surface area contributed by atoms with Crippen LogP contribution in [0.4, 0.5) is 4.79 Å². The fraction of sp³-hybridized carbons (Fsp3) is 0.933. The van der Waals surface area contributed by atoms with Crippen molar-refractivity contribution in [1.29, 1.82) is 0 Å². The minimum Gasteiger partial charge on any atom is -0.444 e. The Morgan fingerprint density at radius 1 is 1.10 bits per heavy atom. The first-order chi connectivity index (χ1) is 9.65. The van der Waals surface area contributed by atoms with Gasteiger partial charge in [-0.1, -0.05) is 0 Å². The molecule has 2 aliphatic rings. The highest BCUT2D eigenvalue weighted by Gasteiger charge is 2.26. The van der Waals surface area contributed by atoms with Crippen molar-refractivity contribution in [3.05, 3.63) is 0 Å². The summed E-state index contributed by atoms with van der Waals surface area (Å²) in [6.07, 6.45) is 4.18. The highest BCUT2D eigenvalue weighted by Crippen LogP contribution is 2.19. The van der Waals surface area contributed by atoms with Crippen LogP contribution >= 0.6 is 0 Å². The summed E-state index contributed by atoms with van der Waals surface area (Å²) >= 11 is 0. The topological polar surface area (TPSA) is 105 Å². The summed E-state index contributed by atoms with van der Waals surface area (Å²) in [5, 5.41) is 20.8. The van der Waals surface area contributed by atoms with Gasteiger partial charge in [0.2, 0.25) is 0 Å². The van der Waals surface area contributed by atoms with Gasteiger partial charge in [-0.15, -0.1) is 0 Å². The molecule has 21 heavy (non-hydrogen) atoms. The molecule has 0 aromatic rings. The van der Waals surface area contributed by atoms with Gasteiger partial charge in [-0.3, -0.25) is 0 Å². The fourth-order valence-electron chi connectivity index (χ4n) is 2.55. The Morgan fingerprint density at radius 2 is 1.67 bits per heavy atom. The van der Waals surface area contributed by atoms with E-state index in [1.54, 1.807) is 0 Å². The van der Waals surface area contributed by atoms with E-state index in [2.05, 4.69) is 5.32 Å². The SMILES string of the molecule is CC(C)(C)OC(=O)N[C@@H]1CC[C@H](O)C1.N[C@@H]1CC[C@H](O)C1. The van der Waals surface area contributed by atoms with Crippen LogP contribution in [0, 0.1) is 0 Å². The molecule has 0 bridgehead atoms. The number of hydrogen-bond donors (Lipinski definition) is 4. The number of carbonyl (C=O) groups excluding carboxylic acids is 1. The Morgan fingerprint density at radius 3 is 2.00 bits per heavy atom. The molecule has 6 nitrogen and oxygen atoms in total. The number of aliphatic hydroxyl groups excluding tert-OH is 2. The standard InChI is InChI=1S/C10H19NO3.C5H11NO/c1-10(2,3)14-9(13)11-7-4-5-8(12)6-7;6-4-1-2-5(7)3-4/h7-8,12H,4-6H2,1-3H3,(H,11,13);4-5,7H,1-3,6H2/t7-,8+;4-,5+/m11/s1. The smallest absolute Gasteiger partial charge is 0.407 e. The minimum absolute atomic E-state index is 0.0693. The van der Waals surface area contributed by atoms with Crippen LogP contribution in [0.2, 0.25) is 0 Å². The molecular weight excluding hydrogens is 272 g/mol. The summed E-state index contributed by atoms with van der Waals surface area (Å²) in [6.45, 7) is 5.49. The number of aliphatic hydroxyl groups is 2.